The van der Waals surface area contributed by atoms with Crippen LogP contribution in [0.2, 0.25) is 4.82 Å². The average molecular weight is 252 g/mol. The summed E-state index contributed by atoms with van der Waals surface area (Å²) in [6, 6.07) is 10.1. The fraction of sp³-hybridized carbons (Fsp3) is 0.200. The normalized spacial score (nSPS) is 21.4. The van der Waals surface area contributed by atoms with Crippen molar-refractivity contribution in [2.45, 2.75) is 11.7 Å². The first-order valence-corrected chi connectivity index (χ1v) is 6.25. The second kappa shape index (κ2) is 3.94. The maximum absolute atomic E-state index is 5.64. The van der Waals surface area contributed by atoms with E-state index in [1.54, 1.807) is 0 Å². The molecule has 1 aliphatic rings. The molecule has 3 nitrogen and oxygen atoms in total. The third-order valence-electron chi connectivity index (χ3n) is 2.01. The molecule has 0 aliphatic carbocycles. The predicted octanol–water partition coefficient (Wildman–Crippen LogP) is 1.23. The molecule has 0 amide bonds. The zero-order chi connectivity index (χ0) is 9.97. The van der Waals surface area contributed by atoms with Crippen LogP contribution in [-0.2, 0) is 0 Å². The van der Waals surface area contributed by atoms with E-state index in [-0.39, 0.29) is 15.0 Å². The van der Waals surface area contributed by atoms with Gasteiger partial charge in [0, 0.05) is 0 Å². The molecular weight excluding hydrogens is 241 g/mol. The van der Waals surface area contributed by atoms with E-state index in [4.69, 9.17) is 5.73 Å². The summed E-state index contributed by atoms with van der Waals surface area (Å²) in [5.41, 5.74) is 7.84. The van der Waals surface area contributed by atoms with Crippen LogP contribution >= 0.6 is 0 Å². The summed E-state index contributed by atoms with van der Waals surface area (Å²) in [6.07, 6.45) is 0. The van der Waals surface area contributed by atoms with Crippen LogP contribution in [0, 0.1) is 0 Å². The van der Waals surface area contributed by atoms with Gasteiger partial charge in [0.15, 0.2) is 0 Å². The molecule has 0 aromatic heterocycles. The van der Waals surface area contributed by atoms with E-state index >= 15 is 0 Å². The molecule has 0 radical (unpaired) electrons. The molecule has 1 heterocycles. The summed E-state index contributed by atoms with van der Waals surface area (Å²) in [7, 11) is 0. The Bertz CT molecular complexity index is 384. The number of hydrogen-bond acceptors (Lipinski definition) is 3. The Balaban J connectivity index is 2.35. The van der Waals surface area contributed by atoms with Gasteiger partial charge in [-0.2, -0.15) is 0 Å². The van der Waals surface area contributed by atoms with Gasteiger partial charge in [0.25, 0.3) is 0 Å². The van der Waals surface area contributed by atoms with Crippen LogP contribution in [0.3, 0.4) is 0 Å². The second-order valence-electron chi connectivity index (χ2n) is 3.05. The van der Waals surface area contributed by atoms with E-state index in [0.717, 1.165) is 11.3 Å². The summed E-state index contributed by atoms with van der Waals surface area (Å²) >= 11 is 0.243. The van der Waals surface area contributed by atoms with Crippen LogP contribution in [0.5, 0.6) is 0 Å². The number of nitrogens with zero attached hydrogens (tertiary/aromatic N) is 2. The molecule has 0 saturated carbocycles. The van der Waals surface area contributed by atoms with Crippen molar-refractivity contribution in [2.75, 3.05) is 0 Å². The van der Waals surface area contributed by atoms with Gasteiger partial charge < -0.3 is 0 Å². The Morgan fingerprint density at radius 3 is 2.57 bits per heavy atom. The molecule has 1 aliphatic heterocycles. The quantitative estimate of drug-likeness (QED) is 0.751. The van der Waals surface area contributed by atoms with E-state index in [2.05, 4.69) is 29.3 Å². The molecule has 0 bridgehead atoms. The summed E-state index contributed by atoms with van der Waals surface area (Å²) in [4.78, 5) is 0.419. The van der Waals surface area contributed by atoms with Gasteiger partial charge in [0.05, 0.1) is 0 Å². The van der Waals surface area contributed by atoms with Gasteiger partial charge in [-0.25, -0.2) is 0 Å². The molecule has 1 aromatic rings. The van der Waals surface area contributed by atoms with E-state index in [1.165, 1.54) is 0 Å². The molecule has 72 valence electrons. The molecule has 1 unspecified atom stereocenters. The Hall–Kier alpha value is -1.12. The molecule has 14 heavy (non-hydrogen) atoms. The zero-order valence-electron chi connectivity index (χ0n) is 7.84. The minimum absolute atomic E-state index is 0.243. The number of rotatable bonds is 1. The van der Waals surface area contributed by atoms with Crippen LogP contribution < -0.4 is 5.73 Å². The maximum atomic E-state index is 5.64. The van der Waals surface area contributed by atoms with Gasteiger partial charge in [-0.1, -0.05) is 0 Å². The van der Waals surface area contributed by atoms with Crippen LogP contribution in [0.25, 0.3) is 0 Å². The first-order valence-electron chi connectivity index (χ1n) is 4.40. The van der Waals surface area contributed by atoms with Crippen LogP contribution in [-0.4, -0.2) is 25.4 Å². The average Bonchev–Trinajstić information content (AvgIpc) is 2.19. The zero-order valence-corrected chi connectivity index (χ0v) is 9.56. The Morgan fingerprint density at radius 1 is 1.21 bits per heavy atom. The van der Waals surface area contributed by atoms with E-state index in [1.807, 2.05) is 18.2 Å². The fourth-order valence-corrected chi connectivity index (χ4v) is 2.91. The molecule has 2 rings (SSSR count). The monoisotopic (exact) mass is 253 g/mol. The van der Waals surface area contributed by atoms with Crippen molar-refractivity contribution in [3.8, 4) is 0 Å². The van der Waals surface area contributed by atoms with E-state index in [0.29, 0.717) is 9.55 Å². The van der Waals surface area contributed by atoms with Gasteiger partial charge in [-0.15, -0.1) is 0 Å². The van der Waals surface area contributed by atoms with Gasteiger partial charge in [0.2, 0.25) is 0 Å². The van der Waals surface area contributed by atoms with Gasteiger partial charge in [-0.3, -0.25) is 0 Å². The predicted molar refractivity (Wildman–Crippen MR) is 59.8 cm³/mol. The van der Waals surface area contributed by atoms with E-state index < -0.39 is 0 Å². The molecule has 0 fully saturated rings. The summed E-state index contributed by atoms with van der Waals surface area (Å²) in [5, 5.41) is 8.11. The Kier molecular flexibility index (Phi) is 2.66. The first-order chi connectivity index (χ1) is 6.77. The Labute approximate surface area is 89.3 Å². The number of amidine groups is 1. The standard InChI is InChI=1S/C10H11N3Se/c1-7-9(12-13-10(11)14-7)8-5-3-2-4-6-8/h2-7H,1H3,(H2,11,13). The Morgan fingerprint density at radius 2 is 1.93 bits per heavy atom. The molecular formula is C10H11N3Se. The van der Waals surface area contributed by atoms with Gasteiger partial charge >= 0.3 is 89.0 Å². The van der Waals surface area contributed by atoms with Gasteiger partial charge in [-0.05, 0) is 0 Å². The third kappa shape index (κ3) is 1.86. The summed E-state index contributed by atoms with van der Waals surface area (Å²) < 4.78 is 0.685. The minimum atomic E-state index is 0.243. The van der Waals surface area contributed by atoms with Crippen molar-refractivity contribution in [3.05, 3.63) is 35.9 Å². The van der Waals surface area contributed by atoms with Gasteiger partial charge in [0.1, 0.15) is 0 Å². The number of benzene rings is 1. The number of hydrogen-bond donors (Lipinski definition) is 1. The third-order valence-corrected chi connectivity index (χ3v) is 3.90. The van der Waals surface area contributed by atoms with Crippen LogP contribution in [0.1, 0.15) is 12.5 Å². The summed E-state index contributed by atoms with van der Waals surface area (Å²) in [6.45, 7) is 2.15. The molecule has 1 aromatic carbocycles. The van der Waals surface area contributed by atoms with Crippen molar-refractivity contribution < 1.29 is 0 Å². The van der Waals surface area contributed by atoms with Crippen molar-refractivity contribution in [3.63, 3.8) is 0 Å². The van der Waals surface area contributed by atoms with Crippen molar-refractivity contribution in [1.82, 2.24) is 0 Å². The molecule has 0 spiro atoms. The first kappa shape index (κ1) is 9.44. The molecule has 0 saturated heterocycles. The molecule has 4 heteroatoms. The topological polar surface area (TPSA) is 50.7 Å². The van der Waals surface area contributed by atoms with E-state index in [9.17, 15) is 0 Å². The fourth-order valence-electron chi connectivity index (χ4n) is 1.35. The van der Waals surface area contributed by atoms with Crippen molar-refractivity contribution >= 4 is 25.4 Å². The van der Waals surface area contributed by atoms with Crippen molar-refractivity contribution in [1.29, 1.82) is 0 Å². The summed E-state index contributed by atoms with van der Waals surface area (Å²) in [5.74, 6) is 0. The molecule has 2 N–H and O–H groups in total. The van der Waals surface area contributed by atoms with Crippen molar-refractivity contribution in [2.24, 2.45) is 15.9 Å². The van der Waals surface area contributed by atoms with Crippen LogP contribution in [0.15, 0.2) is 40.5 Å². The van der Waals surface area contributed by atoms with Crippen LogP contribution in [0.4, 0.5) is 0 Å². The number of nitrogens with two attached hydrogens (primary N) is 1. The SMILES string of the molecule is CC1[Se]C(N)=NN=C1c1ccccc1. The second-order valence-corrected chi connectivity index (χ2v) is 5.91. The molecule has 1 atom stereocenters.